The van der Waals surface area contributed by atoms with E-state index in [2.05, 4.69) is 32.7 Å². The number of guanidine groups is 1. The predicted octanol–water partition coefficient (Wildman–Crippen LogP) is 3.18. The Labute approximate surface area is 169 Å². The van der Waals surface area contributed by atoms with E-state index in [9.17, 15) is 0 Å². The second-order valence-electron chi connectivity index (χ2n) is 7.73. The largest absolute Gasteiger partial charge is 0.495 e. The Balaban J connectivity index is 1.35. The van der Waals surface area contributed by atoms with E-state index in [0.29, 0.717) is 12.1 Å². The summed E-state index contributed by atoms with van der Waals surface area (Å²) in [5.74, 6) is 1.81. The Morgan fingerprint density at radius 1 is 1.18 bits per heavy atom. The van der Waals surface area contributed by atoms with Gasteiger partial charge in [0, 0.05) is 39.3 Å². The molecule has 3 rings (SSSR count). The molecule has 1 aliphatic carbocycles. The summed E-state index contributed by atoms with van der Waals surface area (Å²) in [5.41, 5.74) is 1.16. The van der Waals surface area contributed by atoms with Crippen molar-refractivity contribution >= 4 is 11.6 Å². The lowest BCUT2D eigenvalue weighted by Gasteiger charge is -2.23. The molecule has 1 saturated carbocycles. The average molecular weight is 389 g/mol. The molecule has 1 saturated heterocycles. The highest BCUT2D eigenvalue weighted by Gasteiger charge is 2.25. The van der Waals surface area contributed by atoms with E-state index in [1.165, 1.54) is 32.1 Å². The standard InChI is InChI=1S/C22H36N4O2/c1-23-22(24-14-8-16-28-19-9-4-3-5-10-19)25-18-13-15-26(17-18)20-11-6-7-12-21(20)27-2/h6-7,11-12,18-19H,3-5,8-10,13-17H2,1-2H3,(H2,23,24,25). The topological polar surface area (TPSA) is 58.1 Å². The summed E-state index contributed by atoms with van der Waals surface area (Å²) in [6, 6.07) is 8.61. The zero-order valence-electron chi connectivity index (χ0n) is 17.5. The van der Waals surface area contributed by atoms with E-state index in [4.69, 9.17) is 9.47 Å². The molecule has 156 valence electrons. The second kappa shape index (κ2) is 11.1. The lowest BCUT2D eigenvalue weighted by atomic mass is 9.98. The minimum atomic E-state index is 0.384. The molecule has 2 N–H and O–H groups in total. The Morgan fingerprint density at radius 3 is 2.79 bits per heavy atom. The van der Waals surface area contributed by atoms with Crippen LogP contribution in [0.1, 0.15) is 44.9 Å². The van der Waals surface area contributed by atoms with Gasteiger partial charge in [-0.3, -0.25) is 4.99 Å². The molecule has 2 fully saturated rings. The Bertz CT molecular complexity index is 616. The monoisotopic (exact) mass is 388 g/mol. The number of hydrogen-bond donors (Lipinski definition) is 2. The molecule has 1 aliphatic heterocycles. The molecule has 1 unspecified atom stereocenters. The fraction of sp³-hybridized carbons (Fsp3) is 0.682. The van der Waals surface area contributed by atoms with Gasteiger partial charge in [0.2, 0.25) is 0 Å². The number of nitrogens with zero attached hydrogens (tertiary/aromatic N) is 2. The summed E-state index contributed by atoms with van der Waals surface area (Å²) in [6.45, 7) is 3.69. The van der Waals surface area contributed by atoms with E-state index in [-0.39, 0.29) is 0 Å². The number of para-hydroxylation sites is 2. The highest BCUT2D eigenvalue weighted by Crippen LogP contribution is 2.30. The number of hydrogen-bond acceptors (Lipinski definition) is 4. The lowest BCUT2D eigenvalue weighted by molar-refractivity contribution is 0.0277. The van der Waals surface area contributed by atoms with Crippen molar-refractivity contribution in [2.45, 2.75) is 57.1 Å². The fourth-order valence-corrected chi connectivity index (χ4v) is 4.14. The molecule has 6 nitrogen and oxygen atoms in total. The van der Waals surface area contributed by atoms with Gasteiger partial charge in [-0.05, 0) is 37.8 Å². The first kappa shape index (κ1) is 20.8. The quantitative estimate of drug-likeness (QED) is 0.407. The van der Waals surface area contributed by atoms with Gasteiger partial charge in [0.15, 0.2) is 5.96 Å². The summed E-state index contributed by atoms with van der Waals surface area (Å²) in [7, 11) is 3.56. The molecule has 0 bridgehead atoms. The van der Waals surface area contributed by atoms with Crippen LogP contribution < -0.4 is 20.3 Å². The summed E-state index contributed by atoms with van der Waals surface area (Å²) >= 11 is 0. The maximum absolute atomic E-state index is 6.00. The Kier molecular flexibility index (Phi) is 8.27. The van der Waals surface area contributed by atoms with Crippen LogP contribution >= 0.6 is 0 Å². The number of rotatable bonds is 8. The smallest absolute Gasteiger partial charge is 0.191 e. The molecule has 0 aromatic heterocycles. The van der Waals surface area contributed by atoms with Gasteiger partial charge in [-0.2, -0.15) is 0 Å². The van der Waals surface area contributed by atoms with Crippen LogP contribution in [0.5, 0.6) is 5.75 Å². The summed E-state index contributed by atoms with van der Waals surface area (Å²) < 4.78 is 11.5. The highest BCUT2D eigenvalue weighted by atomic mass is 16.5. The number of ether oxygens (including phenoxy) is 2. The minimum absolute atomic E-state index is 0.384. The fourth-order valence-electron chi connectivity index (χ4n) is 4.14. The normalized spacial score (nSPS) is 21.0. The first-order valence-corrected chi connectivity index (χ1v) is 10.8. The van der Waals surface area contributed by atoms with E-state index in [1.807, 2.05) is 19.2 Å². The molecule has 6 heteroatoms. The molecular weight excluding hydrogens is 352 g/mol. The Hall–Kier alpha value is -1.95. The molecule has 1 aromatic rings. The van der Waals surface area contributed by atoms with E-state index < -0.39 is 0 Å². The van der Waals surface area contributed by atoms with Crippen molar-refractivity contribution in [3.63, 3.8) is 0 Å². The van der Waals surface area contributed by atoms with Crippen LogP contribution in [0.2, 0.25) is 0 Å². The van der Waals surface area contributed by atoms with Crippen molar-refractivity contribution in [2.24, 2.45) is 4.99 Å². The molecule has 0 radical (unpaired) electrons. The average Bonchev–Trinajstić information content (AvgIpc) is 3.21. The van der Waals surface area contributed by atoms with Crippen LogP contribution in [0.3, 0.4) is 0 Å². The van der Waals surface area contributed by atoms with Gasteiger partial charge in [0.25, 0.3) is 0 Å². The predicted molar refractivity (Wildman–Crippen MR) is 116 cm³/mol. The number of nitrogens with one attached hydrogen (secondary N) is 2. The zero-order chi connectivity index (χ0) is 19.6. The van der Waals surface area contributed by atoms with E-state index in [1.54, 1.807) is 7.11 Å². The van der Waals surface area contributed by atoms with Crippen molar-refractivity contribution in [1.29, 1.82) is 0 Å². The number of anilines is 1. The molecule has 2 aliphatic rings. The number of aliphatic imine (C=N–C) groups is 1. The maximum Gasteiger partial charge on any atom is 0.191 e. The maximum atomic E-state index is 6.00. The third-order valence-corrected chi connectivity index (χ3v) is 5.70. The summed E-state index contributed by atoms with van der Waals surface area (Å²) in [6.07, 6.45) is 9.09. The molecular formula is C22H36N4O2. The van der Waals surface area contributed by atoms with Crippen LogP contribution in [0, 0.1) is 0 Å². The van der Waals surface area contributed by atoms with Crippen molar-refractivity contribution in [3.05, 3.63) is 24.3 Å². The molecule has 0 spiro atoms. The van der Waals surface area contributed by atoms with E-state index >= 15 is 0 Å². The third-order valence-electron chi connectivity index (χ3n) is 5.70. The van der Waals surface area contributed by atoms with Crippen LogP contribution in [0.15, 0.2) is 29.3 Å². The minimum Gasteiger partial charge on any atom is -0.495 e. The van der Waals surface area contributed by atoms with Crippen molar-refractivity contribution in [1.82, 2.24) is 10.6 Å². The van der Waals surface area contributed by atoms with Crippen molar-refractivity contribution in [2.75, 3.05) is 45.3 Å². The molecule has 28 heavy (non-hydrogen) atoms. The second-order valence-corrected chi connectivity index (χ2v) is 7.73. The first-order valence-electron chi connectivity index (χ1n) is 10.8. The van der Waals surface area contributed by atoms with Crippen LogP contribution in [-0.4, -0.2) is 58.5 Å². The molecule has 1 atom stereocenters. The highest BCUT2D eigenvalue weighted by molar-refractivity contribution is 5.80. The van der Waals surface area contributed by atoms with Crippen LogP contribution in [0.4, 0.5) is 5.69 Å². The van der Waals surface area contributed by atoms with Crippen molar-refractivity contribution < 1.29 is 9.47 Å². The summed E-state index contributed by atoms with van der Waals surface area (Å²) in [5, 5.41) is 6.99. The zero-order valence-corrected chi connectivity index (χ0v) is 17.5. The number of benzene rings is 1. The van der Waals surface area contributed by atoms with Gasteiger partial charge in [-0.15, -0.1) is 0 Å². The molecule has 0 amide bonds. The lowest BCUT2D eigenvalue weighted by Crippen LogP contribution is -2.45. The SMILES string of the molecule is CN=C(NCCCOC1CCCCC1)NC1CCN(c2ccccc2OC)C1. The molecule has 1 heterocycles. The molecule has 1 aromatic carbocycles. The third kappa shape index (κ3) is 6.03. The van der Waals surface area contributed by atoms with Gasteiger partial charge in [-0.1, -0.05) is 31.4 Å². The van der Waals surface area contributed by atoms with E-state index in [0.717, 1.165) is 56.5 Å². The van der Waals surface area contributed by atoms with Gasteiger partial charge in [0.05, 0.1) is 18.9 Å². The van der Waals surface area contributed by atoms with Crippen molar-refractivity contribution in [3.8, 4) is 5.75 Å². The van der Waals surface area contributed by atoms with Gasteiger partial charge in [0.1, 0.15) is 5.75 Å². The van der Waals surface area contributed by atoms with Crippen LogP contribution in [0.25, 0.3) is 0 Å². The first-order chi connectivity index (χ1) is 13.8. The van der Waals surface area contributed by atoms with Crippen LogP contribution in [-0.2, 0) is 4.74 Å². The summed E-state index contributed by atoms with van der Waals surface area (Å²) in [4.78, 5) is 6.76. The Morgan fingerprint density at radius 2 is 2.00 bits per heavy atom. The van der Waals surface area contributed by atoms with Gasteiger partial charge in [-0.25, -0.2) is 0 Å². The van der Waals surface area contributed by atoms with Gasteiger partial charge >= 0.3 is 0 Å². The van der Waals surface area contributed by atoms with Gasteiger partial charge < -0.3 is 25.0 Å². The number of methoxy groups -OCH3 is 1.